The molecule has 0 bridgehead atoms. The zero-order chi connectivity index (χ0) is 13.7. The van der Waals surface area contributed by atoms with Crippen LogP contribution in [0.1, 0.15) is 31.4 Å². The van der Waals surface area contributed by atoms with E-state index in [0.717, 1.165) is 5.56 Å². The Labute approximate surface area is 101 Å². The van der Waals surface area contributed by atoms with E-state index in [-0.39, 0.29) is 6.42 Å². The number of hydrogen-bond acceptors (Lipinski definition) is 0. The summed E-state index contributed by atoms with van der Waals surface area (Å²) >= 11 is 0. The number of benzene rings is 1. The van der Waals surface area contributed by atoms with Gasteiger partial charge < -0.3 is 0 Å². The normalized spacial score (nSPS) is 14.5. The van der Waals surface area contributed by atoms with Crippen molar-refractivity contribution in [3.05, 3.63) is 48.6 Å². The highest BCUT2D eigenvalue weighted by atomic mass is 19.4. The monoisotopic (exact) mass is 244 g/mol. The lowest BCUT2D eigenvalue weighted by molar-refractivity contribution is -0.186. The summed E-state index contributed by atoms with van der Waals surface area (Å²) in [5, 5.41) is 0. The fourth-order valence-corrected chi connectivity index (χ4v) is 1.49. The van der Waals surface area contributed by atoms with Crippen LogP contribution in [0.15, 0.2) is 37.4 Å². The summed E-state index contributed by atoms with van der Waals surface area (Å²) in [4.78, 5) is 0. The summed E-state index contributed by atoms with van der Waals surface area (Å²) in [6.45, 7) is 10.7. The van der Waals surface area contributed by atoms with Crippen LogP contribution in [-0.4, -0.2) is 6.18 Å². The van der Waals surface area contributed by atoms with Crippen molar-refractivity contribution in [2.45, 2.75) is 38.8 Å². The van der Waals surface area contributed by atoms with Gasteiger partial charge in [0.05, 0.1) is 5.41 Å². The molecule has 96 valence electrons. The standard InChI is InChI=1S/C12H15F3.C2H4/c1-4-11(3,12(13,14)15)10-7-5-9(2)6-8-10;1-2/h5-8H,4H2,1-3H3;1-2H2. The molecule has 1 aromatic rings. The van der Waals surface area contributed by atoms with E-state index in [1.165, 1.54) is 6.92 Å². The summed E-state index contributed by atoms with van der Waals surface area (Å²) in [6, 6.07) is 6.56. The quantitative estimate of drug-likeness (QED) is 0.640. The molecule has 0 aliphatic rings. The van der Waals surface area contributed by atoms with Gasteiger partial charge >= 0.3 is 6.18 Å². The molecule has 0 aromatic heterocycles. The van der Waals surface area contributed by atoms with E-state index in [1.54, 1.807) is 31.2 Å². The Balaban J connectivity index is 0.00000121. The highest BCUT2D eigenvalue weighted by Gasteiger charge is 2.50. The van der Waals surface area contributed by atoms with E-state index >= 15 is 0 Å². The van der Waals surface area contributed by atoms with Crippen molar-refractivity contribution in [2.75, 3.05) is 0 Å². The second kappa shape index (κ2) is 5.89. The Bertz CT molecular complexity index is 337. The predicted octanol–water partition coefficient (Wildman–Crippen LogP) is 5.03. The topological polar surface area (TPSA) is 0 Å². The van der Waals surface area contributed by atoms with Gasteiger partial charge in [-0.3, -0.25) is 0 Å². The molecule has 1 atom stereocenters. The van der Waals surface area contributed by atoms with Gasteiger partial charge in [-0.05, 0) is 25.8 Å². The van der Waals surface area contributed by atoms with Gasteiger partial charge in [0, 0.05) is 0 Å². The van der Waals surface area contributed by atoms with Crippen molar-refractivity contribution in [3.63, 3.8) is 0 Å². The van der Waals surface area contributed by atoms with Gasteiger partial charge in [-0.1, -0.05) is 36.8 Å². The van der Waals surface area contributed by atoms with Crippen LogP contribution in [0.5, 0.6) is 0 Å². The molecule has 1 unspecified atom stereocenters. The first-order chi connectivity index (χ1) is 7.81. The highest BCUT2D eigenvalue weighted by Crippen LogP contribution is 2.43. The van der Waals surface area contributed by atoms with Crippen LogP contribution in [-0.2, 0) is 5.41 Å². The van der Waals surface area contributed by atoms with E-state index in [2.05, 4.69) is 13.2 Å². The lowest BCUT2D eigenvalue weighted by Crippen LogP contribution is -2.38. The van der Waals surface area contributed by atoms with Crippen molar-refractivity contribution in [2.24, 2.45) is 0 Å². The summed E-state index contributed by atoms with van der Waals surface area (Å²) < 4.78 is 38.7. The summed E-state index contributed by atoms with van der Waals surface area (Å²) in [7, 11) is 0. The molecule has 3 heteroatoms. The summed E-state index contributed by atoms with van der Waals surface area (Å²) in [5.41, 5.74) is -0.428. The third kappa shape index (κ3) is 3.35. The third-order valence-electron chi connectivity index (χ3n) is 3.02. The predicted molar refractivity (Wildman–Crippen MR) is 66.1 cm³/mol. The van der Waals surface area contributed by atoms with Crippen LogP contribution in [0.4, 0.5) is 13.2 Å². The van der Waals surface area contributed by atoms with E-state index in [4.69, 9.17) is 0 Å². The molecule has 0 heterocycles. The molecule has 0 amide bonds. The van der Waals surface area contributed by atoms with Crippen LogP contribution < -0.4 is 0 Å². The summed E-state index contributed by atoms with van der Waals surface area (Å²) in [6.07, 6.45) is -4.14. The molecule has 0 saturated heterocycles. The average molecular weight is 244 g/mol. The fourth-order valence-electron chi connectivity index (χ4n) is 1.49. The number of alkyl halides is 3. The van der Waals surface area contributed by atoms with E-state index in [0.29, 0.717) is 5.56 Å². The lowest BCUT2D eigenvalue weighted by atomic mass is 9.79. The second-order valence-electron chi connectivity index (χ2n) is 4.05. The van der Waals surface area contributed by atoms with Crippen molar-refractivity contribution in [1.82, 2.24) is 0 Å². The number of halogens is 3. The van der Waals surface area contributed by atoms with Crippen molar-refractivity contribution < 1.29 is 13.2 Å². The molecule has 0 nitrogen and oxygen atoms in total. The third-order valence-corrected chi connectivity index (χ3v) is 3.02. The number of hydrogen-bond donors (Lipinski definition) is 0. The Kier molecular flexibility index (Phi) is 5.46. The SMILES string of the molecule is C=C.CCC(C)(c1ccc(C)cc1)C(F)(F)F. The molecule has 0 saturated carbocycles. The van der Waals surface area contributed by atoms with E-state index in [1.807, 2.05) is 6.92 Å². The van der Waals surface area contributed by atoms with Gasteiger partial charge in [0.1, 0.15) is 0 Å². The summed E-state index contributed by atoms with van der Waals surface area (Å²) in [5.74, 6) is 0. The minimum absolute atomic E-state index is 0.0551. The molecule has 17 heavy (non-hydrogen) atoms. The molecule has 1 aromatic carbocycles. The maximum absolute atomic E-state index is 12.9. The van der Waals surface area contributed by atoms with Gasteiger partial charge in [0.15, 0.2) is 0 Å². The van der Waals surface area contributed by atoms with Crippen LogP contribution >= 0.6 is 0 Å². The Morgan fingerprint density at radius 2 is 1.47 bits per heavy atom. The van der Waals surface area contributed by atoms with Gasteiger partial charge in [0.25, 0.3) is 0 Å². The van der Waals surface area contributed by atoms with E-state index < -0.39 is 11.6 Å². The van der Waals surface area contributed by atoms with Gasteiger partial charge in [-0.25, -0.2) is 0 Å². The Morgan fingerprint density at radius 3 is 1.76 bits per heavy atom. The van der Waals surface area contributed by atoms with Crippen molar-refractivity contribution in [3.8, 4) is 0 Å². The molecule has 0 aliphatic heterocycles. The number of rotatable bonds is 2. The van der Waals surface area contributed by atoms with Crippen LogP contribution in [0, 0.1) is 6.92 Å². The zero-order valence-electron chi connectivity index (χ0n) is 10.6. The molecule has 0 spiro atoms. The molecule has 0 aliphatic carbocycles. The lowest BCUT2D eigenvalue weighted by Gasteiger charge is -2.31. The first-order valence-corrected chi connectivity index (χ1v) is 5.45. The molecule has 0 N–H and O–H groups in total. The molecule has 0 fully saturated rings. The van der Waals surface area contributed by atoms with Crippen molar-refractivity contribution in [1.29, 1.82) is 0 Å². The Morgan fingerprint density at radius 1 is 1.06 bits per heavy atom. The molecular formula is C14H19F3. The van der Waals surface area contributed by atoms with Gasteiger partial charge in [-0.15, -0.1) is 13.2 Å². The maximum atomic E-state index is 12.9. The fraction of sp³-hybridized carbons (Fsp3) is 0.429. The second-order valence-corrected chi connectivity index (χ2v) is 4.05. The van der Waals surface area contributed by atoms with Crippen LogP contribution in [0.2, 0.25) is 0 Å². The molecular weight excluding hydrogens is 225 g/mol. The van der Waals surface area contributed by atoms with Crippen LogP contribution in [0.3, 0.4) is 0 Å². The maximum Gasteiger partial charge on any atom is 0.398 e. The average Bonchev–Trinajstić information content (AvgIpc) is 2.30. The first-order valence-electron chi connectivity index (χ1n) is 5.45. The minimum Gasteiger partial charge on any atom is -0.170 e. The van der Waals surface area contributed by atoms with Crippen molar-refractivity contribution >= 4 is 0 Å². The van der Waals surface area contributed by atoms with Gasteiger partial charge in [-0.2, -0.15) is 13.2 Å². The first kappa shape index (κ1) is 15.8. The van der Waals surface area contributed by atoms with Gasteiger partial charge in [0.2, 0.25) is 0 Å². The zero-order valence-corrected chi connectivity index (χ0v) is 10.6. The largest absolute Gasteiger partial charge is 0.398 e. The minimum atomic E-state index is -4.20. The molecule has 0 radical (unpaired) electrons. The van der Waals surface area contributed by atoms with E-state index in [9.17, 15) is 13.2 Å². The Hall–Kier alpha value is -1.25. The number of aryl methyl sites for hydroxylation is 1. The molecule has 1 rings (SSSR count). The highest BCUT2D eigenvalue weighted by molar-refractivity contribution is 5.29. The smallest absolute Gasteiger partial charge is 0.170 e. The van der Waals surface area contributed by atoms with Crippen LogP contribution in [0.25, 0.3) is 0 Å².